The molecule has 0 aliphatic carbocycles. The van der Waals surface area contributed by atoms with Crippen molar-refractivity contribution < 1.29 is 13.2 Å². The number of benzene rings is 3. The van der Waals surface area contributed by atoms with Gasteiger partial charge in [-0.05, 0) is 41.0 Å². The fourth-order valence-electron chi connectivity index (χ4n) is 3.19. The first-order chi connectivity index (χ1) is 13.8. The van der Waals surface area contributed by atoms with E-state index in [1.807, 2.05) is 30.3 Å². The van der Waals surface area contributed by atoms with Crippen LogP contribution in [0.1, 0.15) is 5.56 Å². The molecule has 0 saturated carbocycles. The molecule has 146 valence electrons. The topological polar surface area (TPSA) is 0 Å². The summed E-state index contributed by atoms with van der Waals surface area (Å²) in [6.07, 6.45) is -4.53. The summed E-state index contributed by atoms with van der Waals surface area (Å²) in [6.45, 7) is 0. The van der Waals surface area contributed by atoms with Crippen molar-refractivity contribution in [2.45, 2.75) is 6.18 Å². The van der Waals surface area contributed by atoms with E-state index in [1.54, 1.807) is 48.5 Å². The zero-order chi connectivity index (χ0) is 20.6. The molecule has 0 fully saturated rings. The van der Waals surface area contributed by atoms with Gasteiger partial charge in [0.2, 0.25) is 0 Å². The Kier molecular flexibility index (Phi) is 5.43. The number of hydrogen-bond donors (Lipinski definition) is 0. The van der Waals surface area contributed by atoms with Gasteiger partial charge < -0.3 is 0 Å². The second-order valence-corrected chi connectivity index (χ2v) is 8.28. The van der Waals surface area contributed by atoms with E-state index in [4.69, 9.17) is 23.2 Å². The van der Waals surface area contributed by atoms with Crippen LogP contribution in [0.15, 0.2) is 78.9 Å². The Labute approximate surface area is 180 Å². The number of thiophene rings is 1. The SMILES string of the molecule is FC(F)(F)c1c(-c2ccc(Cl)cc2)sc(-c2ccccc2)c1-c1ccc(Cl)cc1. The van der Waals surface area contributed by atoms with Crippen molar-refractivity contribution >= 4 is 34.5 Å². The lowest BCUT2D eigenvalue weighted by atomic mass is 9.95. The van der Waals surface area contributed by atoms with Crippen molar-refractivity contribution in [3.63, 3.8) is 0 Å². The summed E-state index contributed by atoms with van der Waals surface area (Å²) in [7, 11) is 0. The van der Waals surface area contributed by atoms with Crippen LogP contribution in [0.4, 0.5) is 13.2 Å². The molecule has 0 spiro atoms. The van der Waals surface area contributed by atoms with E-state index in [9.17, 15) is 13.2 Å². The largest absolute Gasteiger partial charge is 0.418 e. The van der Waals surface area contributed by atoms with Crippen molar-refractivity contribution in [3.05, 3.63) is 94.5 Å². The minimum absolute atomic E-state index is 0.162. The molecule has 0 atom stereocenters. The molecule has 29 heavy (non-hydrogen) atoms. The van der Waals surface area contributed by atoms with Gasteiger partial charge in [-0.3, -0.25) is 0 Å². The summed E-state index contributed by atoms with van der Waals surface area (Å²) in [4.78, 5) is 0.725. The Bertz CT molecular complexity index is 1130. The van der Waals surface area contributed by atoms with Crippen molar-refractivity contribution in [2.24, 2.45) is 0 Å². The number of alkyl halides is 3. The molecule has 0 aliphatic rings. The van der Waals surface area contributed by atoms with Crippen LogP contribution in [0, 0.1) is 0 Å². The van der Waals surface area contributed by atoms with Crippen LogP contribution in [-0.2, 0) is 6.18 Å². The Morgan fingerprint density at radius 3 is 1.59 bits per heavy atom. The fourth-order valence-corrected chi connectivity index (χ4v) is 4.80. The normalized spacial score (nSPS) is 11.6. The van der Waals surface area contributed by atoms with Crippen LogP contribution in [0.25, 0.3) is 32.0 Å². The first kappa shape index (κ1) is 20.0. The third kappa shape index (κ3) is 4.06. The lowest BCUT2D eigenvalue weighted by molar-refractivity contribution is -0.136. The van der Waals surface area contributed by atoms with E-state index in [1.165, 1.54) is 0 Å². The van der Waals surface area contributed by atoms with Crippen LogP contribution < -0.4 is 0 Å². The van der Waals surface area contributed by atoms with Gasteiger partial charge in [-0.2, -0.15) is 13.2 Å². The lowest BCUT2D eigenvalue weighted by Crippen LogP contribution is -2.07. The van der Waals surface area contributed by atoms with Gasteiger partial charge in [0, 0.05) is 25.4 Å². The molecule has 0 N–H and O–H groups in total. The van der Waals surface area contributed by atoms with E-state index < -0.39 is 11.7 Å². The van der Waals surface area contributed by atoms with Crippen molar-refractivity contribution in [3.8, 4) is 32.0 Å². The minimum Gasteiger partial charge on any atom is -0.166 e. The summed E-state index contributed by atoms with van der Waals surface area (Å²) in [6, 6.07) is 22.0. The predicted molar refractivity (Wildman–Crippen MR) is 116 cm³/mol. The summed E-state index contributed by atoms with van der Waals surface area (Å²) in [5.74, 6) is 0. The molecule has 0 unspecified atom stereocenters. The number of rotatable bonds is 3. The molecule has 0 amide bonds. The average molecular weight is 449 g/mol. The fraction of sp³-hybridized carbons (Fsp3) is 0.0435. The van der Waals surface area contributed by atoms with Crippen LogP contribution in [0.5, 0.6) is 0 Å². The van der Waals surface area contributed by atoms with Crippen LogP contribution in [0.3, 0.4) is 0 Å². The Balaban J connectivity index is 2.07. The van der Waals surface area contributed by atoms with Gasteiger partial charge in [-0.25, -0.2) is 0 Å². The Hall–Kier alpha value is -2.27. The highest BCUT2D eigenvalue weighted by molar-refractivity contribution is 7.19. The molecule has 0 saturated heterocycles. The maximum absolute atomic E-state index is 14.3. The second-order valence-electron chi connectivity index (χ2n) is 6.39. The Morgan fingerprint density at radius 2 is 1.07 bits per heavy atom. The van der Waals surface area contributed by atoms with Gasteiger partial charge in [-0.15, -0.1) is 11.3 Å². The molecule has 3 aromatic carbocycles. The molecule has 0 radical (unpaired) electrons. The molecule has 1 aromatic heterocycles. The molecule has 6 heteroatoms. The van der Waals surface area contributed by atoms with E-state index in [0.29, 0.717) is 26.0 Å². The van der Waals surface area contributed by atoms with Crippen molar-refractivity contribution in [1.82, 2.24) is 0 Å². The quantitative estimate of drug-likeness (QED) is 0.293. The highest BCUT2D eigenvalue weighted by atomic mass is 35.5. The maximum Gasteiger partial charge on any atom is 0.418 e. The summed E-state index contributed by atoms with van der Waals surface area (Å²) >= 11 is 13.0. The minimum atomic E-state index is -4.53. The zero-order valence-corrected chi connectivity index (χ0v) is 17.1. The first-order valence-corrected chi connectivity index (χ1v) is 10.2. The highest BCUT2D eigenvalue weighted by Crippen LogP contribution is 2.53. The van der Waals surface area contributed by atoms with E-state index >= 15 is 0 Å². The smallest absolute Gasteiger partial charge is 0.166 e. The molecular weight excluding hydrogens is 436 g/mol. The monoisotopic (exact) mass is 448 g/mol. The summed E-state index contributed by atoms with van der Waals surface area (Å²) < 4.78 is 43.0. The summed E-state index contributed by atoms with van der Waals surface area (Å²) in [5.41, 5.74) is 1.19. The van der Waals surface area contributed by atoms with Crippen molar-refractivity contribution in [1.29, 1.82) is 0 Å². The van der Waals surface area contributed by atoms with Crippen LogP contribution >= 0.6 is 34.5 Å². The molecular formula is C23H13Cl2F3S. The van der Waals surface area contributed by atoms with Gasteiger partial charge in [0.25, 0.3) is 0 Å². The van der Waals surface area contributed by atoms with Crippen LogP contribution in [0.2, 0.25) is 10.0 Å². The first-order valence-electron chi connectivity index (χ1n) is 8.66. The van der Waals surface area contributed by atoms with Gasteiger partial charge >= 0.3 is 6.18 Å². The van der Waals surface area contributed by atoms with Gasteiger partial charge in [-0.1, -0.05) is 77.8 Å². The second kappa shape index (κ2) is 7.86. The molecule has 0 nitrogen and oxygen atoms in total. The number of halogens is 5. The maximum atomic E-state index is 14.3. The van der Waals surface area contributed by atoms with E-state index in [0.717, 1.165) is 16.9 Å². The van der Waals surface area contributed by atoms with Gasteiger partial charge in [0.1, 0.15) is 0 Å². The van der Waals surface area contributed by atoms with Crippen LogP contribution in [-0.4, -0.2) is 0 Å². The molecule has 1 heterocycles. The molecule has 4 aromatic rings. The zero-order valence-electron chi connectivity index (χ0n) is 14.8. The average Bonchev–Trinajstić information content (AvgIpc) is 3.11. The highest BCUT2D eigenvalue weighted by Gasteiger charge is 2.40. The van der Waals surface area contributed by atoms with E-state index in [2.05, 4.69) is 0 Å². The standard InChI is InChI=1S/C23H13Cl2F3S/c24-17-10-6-14(7-11-17)19-20(23(26,27)28)22(16-8-12-18(25)13-9-16)29-21(19)15-4-2-1-3-5-15/h1-13H. The van der Waals surface area contributed by atoms with E-state index in [-0.39, 0.29) is 10.4 Å². The third-order valence-corrected chi connectivity index (χ3v) is 6.26. The molecule has 0 aliphatic heterocycles. The van der Waals surface area contributed by atoms with Gasteiger partial charge in [0.15, 0.2) is 0 Å². The van der Waals surface area contributed by atoms with Gasteiger partial charge in [0.05, 0.1) is 5.56 Å². The molecule has 0 bridgehead atoms. The summed E-state index contributed by atoms with van der Waals surface area (Å²) in [5, 5.41) is 0.941. The third-order valence-electron chi connectivity index (χ3n) is 4.47. The Morgan fingerprint density at radius 1 is 0.586 bits per heavy atom. The lowest BCUT2D eigenvalue weighted by Gasteiger charge is -2.13. The molecule has 4 rings (SSSR count). The number of hydrogen-bond acceptors (Lipinski definition) is 1. The van der Waals surface area contributed by atoms with Crippen molar-refractivity contribution in [2.75, 3.05) is 0 Å². The predicted octanol–water partition coefficient (Wildman–Crippen LogP) is 9.07.